The van der Waals surface area contributed by atoms with Gasteiger partial charge in [0.05, 0.1) is 12.0 Å². The topological polar surface area (TPSA) is 40.5 Å². The van der Waals surface area contributed by atoms with Crippen molar-refractivity contribution in [1.82, 2.24) is 0 Å². The summed E-state index contributed by atoms with van der Waals surface area (Å²) in [6, 6.07) is 0. The van der Waals surface area contributed by atoms with Crippen LogP contribution in [-0.2, 0) is 0 Å². The van der Waals surface area contributed by atoms with Gasteiger partial charge in [0.2, 0.25) is 0 Å². The number of hydrogen-bond acceptors (Lipinski definition) is 2. The van der Waals surface area contributed by atoms with Gasteiger partial charge in [-0.3, -0.25) is 0 Å². The summed E-state index contributed by atoms with van der Waals surface area (Å²) >= 11 is 5.49. The van der Waals surface area contributed by atoms with E-state index in [0.29, 0.717) is 12.8 Å². The van der Waals surface area contributed by atoms with Crippen molar-refractivity contribution in [1.29, 1.82) is 0 Å². The molecule has 0 amide bonds. The number of rotatable bonds is 4. The van der Waals surface area contributed by atoms with Gasteiger partial charge in [-0.1, -0.05) is 0 Å². The molecule has 1 radical (unpaired) electrons. The fourth-order valence-electron chi connectivity index (χ4n) is 1.84. The van der Waals surface area contributed by atoms with E-state index in [9.17, 15) is 14.6 Å². The molecule has 0 aromatic rings. The third-order valence-corrected chi connectivity index (χ3v) is 3.64. The molecule has 1 aliphatic rings. The molecule has 2 N–H and O–H groups in total. The first-order valence-electron chi connectivity index (χ1n) is 5.39. The fraction of sp³-hybridized carbons (Fsp3) is 0.909. The molecular weight excluding hydrogens is 219 g/mol. The van der Waals surface area contributed by atoms with Crippen LogP contribution in [0, 0.1) is 12.3 Å². The Labute approximate surface area is 95.4 Å². The predicted molar refractivity (Wildman–Crippen MR) is 58.5 cm³/mol. The normalized spacial score (nSPS) is 33.4. The molecule has 4 heteroatoms. The molecule has 89 valence electrons. The van der Waals surface area contributed by atoms with E-state index in [1.807, 2.05) is 6.42 Å². The molecule has 15 heavy (non-hydrogen) atoms. The van der Waals surface area contributed by atoms with Gasteiger partial charge in [-0.25, -0.2) is 4.39 Å². The van der Waals surface area contributed by atoms with Crippen LogP contribution < -0.4 is 0 Å². The van der Waals surface area contributed by atoms with Crippen LogP contribution >= 0.6 is 11.6 Å². The standard InChI is InChI=1S/C11H19ClFO2/c1-11(15,7-12)10(13)6-8-2-4-9(14)5-3-8/h4,8-10,14-15H,2-3,5-7H2,1H3. The molecule has 0 heterocycles. The van der Waals surface area contributed by atoms with Crippen LogP contribution in [-0.4, -0.2) is 34.0 Å². The lowest BCUT2D eigenvalue weighted by Crippen LogP contribution is -2.40. The zero-order valence-electron chi connectivity index (χ0n) is 9.00. The van der Waals surface area contributed by atoms with Crippen molar-refractivity contribution >= 4 is 11.6 Å². The van der Waals surface area contributed by atoms with Gasteiger partial charge in [-0.05, 0) is 44.9 Å². The van der Waals surface area contributed by atoms with Crippen LogP contribution in [0.5, 0.6) is 0 Å². The Morgan fingerprint density at radius 1 is 1.60 bits per heavy atom. The highest BCUT2D eigenvalue weighted by Crippen LogP contribution is 2.31. The van der Waals surface area contributed by atoms with Crippen molar-refractivity contribution in [3.05, 3.63) is 6.42 Å². The Hall–Kier alpha value is 0.140. The van der Waals surface area contributed by atoms with E-state index in [1.165, 1.54) is 6.92 Å². The van der Waals surface area contributed by atoms with E-state index in [2.05, 4.69) is 0 Å². The molecule has 1 rings (SSSR count). The van der Waals surface area contributed by atoms with E-state index >= 15 is 0 Å². The maximum Gasteiger partial charge on any atom is 0.130 e. The Morgan fingerprint density at radius 2 is 2.27 bits per heavy atom. The number of aliphatic hydroxyl groups excluding tert-OH is 1. The maximum absolute atomic E-state index is 13.7. The first-order chi connectivity index (χ1) is 6.95. The van der Waals surface area contributed by atoms with Gasteiger partial charge in [0.25, 0.3) is 0 Å². The van der Waals surface area contributed by atoms with Gasteiger partial charge in [-0.15, -0.1) is 11.6 Å². The quantitative estimate of drug-likeness (QED) is 0.735. The van der Waals surface area contributed by atoms with Crippen molar-refractivity contribution in [2.75, 3.05) is 5.88 Å². The summed E-state index contributed by atoms with van der Waals surface area (Å²) in [7, 11) is 0. The van der Waals surface area contributed by atoms with Crippen LogP contribution in [0.3, 0.4) is 0 Å². The van der Waals surface area contributed by atoms with E-state index < -0.39 is 11.8 Å². The van der Waals surface area contributed by atoms with Crippen molar-refractivity contribution in [3.63, 3.8) is 0 Å². The molecule has 0 aromatic carbocycles. The minimum absolute atomic E-state index is 0.0901. The summed E-state index contributed by atoms with van der Waals surface area (Å²) in [4.78, 5) is 0. The number of aliphatic hydroxyl groups is 2. The van der Waals surface area contributed by atoms with Gasteiger partial charge < -0.3 is 10.2 Å². The SMILES string of the molecule is CC(O)(CCl)C(F)CC1C[CH]C(O)CC1. The molecule has 4 unspecified atom stereocenters. The molecule has 0 aliphatic heterocycles. The third-order valence-electron chi connectivity index (χ3n) is 3.10. The van der Waals surface area contributed by atoms with E-state index in [1.54, 1.807) is 0 Å². The van der Waals surface area contributed by atoms with Crippen molar-refractivity contribution in [2.24, 2.45) is 5.92 Å². The molecule has 2 nitrogen and oxygen atoms in total. The molecule has 1 fully saturated rings. The van der Waals surface area contributed by atoms with Gasteiger partial charge in [0.1, 0.15) is 11.8 Å². The van der Waals surface area contributed by atoms with E-state index in [4.69, 9.17) is 11.6 Å². The first-order valence-corrected chi connectivity index (χ1v) is 5.93. The number of halogens is 2. The maximum atomic E-state index is 13.7. The van der Waals surface area contributed by atoms with E-state index in [0.717, 1.165) is 12.8 Å². The zero-order chi connectivity index (χ0) is 11.5. The molecule has 0 aromatic heterocycles. The zero-order valence-corrected chi connectivity index (χ0v) is 9.75. The smallest absolute Gasteiger partial charge is 0.130 e. The summed E-state index contributed by atoms with van der Waals surface area (Å²) in [6.45, 7) is 1.42. The van der Waals surface area contributed by atoms with Crippen molar-refractivity contribution in [3.8, 4) is 0 Å². The molecule has 1 aliphatic carbocycles. The average Bonchev–Trinajstić information content (AvgIpc) is 2.21. The lowest BCUT2D eigenvalue weighted by Gasteiger charge is -2.31. The highest BCUT2D eigenvalue weighted by molar-refractivity contribution is 6.18. The molecule has 4 atom stereocenters. The third kappa shape index (κ3) is 3.89. The number of hydrogen-bond donors (Lipinski definition) is 2. The van der Waals surface area contributed by atoms with Crippen LogP contribution in [0.1, 0.15) is 32.6 Å². The monoisotopic (exact) mass is 237 g/mol. The lowest BCUT2D eigenvalue weighted by molar-refractivity contribution is -0.0137. The highest BCUT2D eigenvalue weighted by Gasteiger charge is 2.34. The average molecular weight is 238 g/mol. The molecule has 0 bridgehead atoms. The van der Waals surface area contributed by atoms with Gasteiger partial charge in [-0.2, -0.15) is 0 Å². The molecule has 0 saturated heterocycles. The summed E-state index contributed by atoms with van der Waals surface area (Å²) in [5.74, 6) is 0.130. The van der Waals surface area contributed by atoms with Gasteiger partial charge in [0.15, 0.2) is 0 Å². The van der Waals surface area contributed by atoms with Crippen LogP contribution in [0.25, 0.3) is 0 Å². The minimum Gasteiger partial charge on any atom is -0.393 e. The first kappa shape index (κ1) is 13.2. The largest absolute Gasteiger partial charge is 0.393 e. The summed E-state index contributed by atoms with van der Waals surface area (Å²) < 4.78 is 13.7. The Kier molecular flexibility index (Phi) is 4.81. The van der Waals surface area contributed by atoms with Gasteiger partial charge >= 0.3 is 0 Å². The second-order valence-corrected chi connectivity index (χ2v) is 4.94. The Morgan fingerprint density at radius 3 is 2.73 bits per heavy atom. The molecule has 0 spiro atoms. The molecule has 1 saturated carbocycles. The molecular formula is C11H19ClFO2. The second kappa shape index (κ2) is 5.46. The number of alkyl halides is 2. The van der Waals surface area contributed by atoms with Crippen LogP contribution in [0.2, 0.25) is 0 Å². The Bertz CT molecular complexity index is 191. The van der Waals surface area contributed by atoms with E-state index in [-0.39, 0.29) is 17.9 Å². The minimum atomic E-state index is -1.43. The fourth-order valence-corrected chi connectivity index (χ4v) is 2.00. The van der Waals surface area contributed by atoms with Crippen molar-refractivity contribution < 1.29 is 14.6 Å². The summed E-state index contributed by atoms with van der Waals surface area (Å²) in [5, 5.41) is 18.9. The highest BCUT2D eigenvalue weighted by atomic mass is 35.5. The second-order valence-electron chi connectivity index (χ2n) is 4.68. The van der Waals surface area contributed by atoms with Gasteiger partial charge in [0, 0.05) is 0 Å². The predicted octanol–water partition coefficient (Wildman–Crippen LogP) is 2.07. The van der Waals surface area contributed by atoms with Crippen LogP contribution in [0.4, 0.5) is 4.39 Å². The Balaban J connectivity index is 2.35. The van der Waals surface area contributed by atoms with Crippen LogP contribution in [0.15, 0.2) is 0 Å². The lowest BCUT2D eigenvalue weighted by atomic mass is 9.82. The summed E-state index contributed by atoms with van der Waals surface area (Å²) in [5.41, 5.74) is -1.43. The van der Waals surface area contributed by atoms with Crippen molar-refractivity contribution in [2.45, 2.75) is 50.5 Å². The summed E-state index contributed by atoms with van der Waals surface area (Å²) in [6.07, 6.45) is 2.74.